The number of aldehydes is 1. The van der Waals surface area contributed by atoms with Crippen molar-refractivity contribution >= 4 is 24.0 Å². The van der Waals surface area contributed by atoms with E-state index in [1.807, 2.05) is 12.2 Å². The predicted octanol–water partition coefficient (Wildman–Crippen LogP) is 2.86. The molecule has 0 saturated carbocycles. The Morgan fingerprint density at radius 2 is 2.25 bits per heavy atom. The maximum atomic E-state index is 10.7. The molecule has 16 heavy (non-hydrogen) atoms. The second kappa shape index (κ2) is 6.18. The fraction of sp³-hybridized carbons (Fsp3) is 0.250. The second-order valence-corrected chi connectivity index (χ2v) is 3.54. The van der Waals surface area contributed by atoms with Gasteiger partial charge in [-0.1, -0.05) is 12.2 Å². The number of allylic oxidation sites excluding steroid dienone is 1. The molecule has 0 saturated heterocycles. The molecule has 86 valence electrons. The SMILES string of the molecule is COc1cc(C=CCCCl)cc(C=O)c1O. The average molecular weight is 241 g/mol. The molecule has 0 aliphatic heterocycles. The molecule has 1 aromatic rings. The standard InChI is InChI=1S/C12H13ClO3/c1-16-11-7-9(4-2-3-5-13)6-10(8-14)12(11)15/h2,4,6-8,15H,3,5H2,1H3. The molecule has 0 radical (unpaired) electrons. The van der Waals surface area contributed by atoms with Gasteiger partial charge in [0.1, 0.15) is 0 Å². The first-order chi connectivity index (χ1) is 7.72. The lowest BCUT2D eigenvalue weighted by molar-refractivity contribution is 0.112. The van der Waals surface area contributed by atoms with E-state index < -0.39 is 0 Å². The maximum Gasteiger partial charge on any atom is 0.168 e. The Bertz CT molecular complexity index is 399. The highest BCUT2D eigenvalue weighted by molar-refractivity contribution is 6.17. The lowest BCUT2D eigenvalue weighted by Crippen LogP contribution is -1.90. The van der Waals surface area contributed by atoms with Crippen LogP contribution in [0, 0.1) is 0 Å². The molecule has 0 unspecified atom stereocenters. The van der Waals surface area contributed by atoms with E-state index in [1.165, 1.54) is 7.11 Å². The summed E-state index contributed by atoms with van der Waals surface area (Å²) >= 11 is 5.54. The molecule has 0 aliphatic rings. The van der Waals surface area contributed by atoms with Crippen molar-refractivity contribution in [2.45, 2.75) is 6.42 Å². The van der Waals surface area contributed by atoms with Crippen LogP contribution in [0.4, 0.5) is 0 Å². The van der Waals surface area contributed by atoms with Gasteiger partial charge in [0.15, 0.2) is 17.8 Å². The second-order valence-electron chi connectivity index (χ2n) is 3.16. The molecule has 1 N–H and O–H groups in total. The third kappa shape index (κ3) is 3.00. The minimum Gasteiger partial charge on any atom is -0.504 e. The molecule has 0 atom stereocenters. The predicted molar refractivity (Wildman–Crippen MR) is 64.4 cm³/mol. The minimum atomic E-state index is -0.132. The first kappa shape index (κ1) is 12.6. The molecular formula is C12H13ClO3. The molecule has 0 aliphatic carbocycles. The number of carbonyl (C=O) groups excluding carboxylic acids is 1. The van der Waals surface area contributed by atoms with E-state index >= 15 is 0 Å². The van der Waals surface area contributed by atoms with Crippen LogP contribution in [0.3, 0.4) is 0 Å². The van der Waals surface area contributed by atoms with Gasteiger partial charge in [-0.25, -0.2) is 0 Å². The van der Waals surface area contributed by atoms with Gasteiger partial charge in [-0.15, -0.1) is 11.6 Å². The summed E-state index contributed by atoms with van der Waals surface area (Å²) in [4.78, 5) is 10.7. The Morgan fingerprint density at radius 1 is 1.50 bits per heavy atom. The zero-order valence-corrected chi connectivity index (χ0v) is 9.70. The summed E-state index contributed by atoms with van der Waals surface area (Å²) in [7, 11) is 1.44. The number of hydrogen-bond acceptors (Lipinski definition) is 3. The van der Waals surface area contributed by atoms with Crippen molar-refractivity contribution in [1.29, 1.82) is 0 Å². The first-order valence-corrected chi connectivity index (χ1v) is 5.35. The molecule has 0 spiro atoms. The molecular weight excluding hydrogens is 228 g/mol. The summed E-state index contributed by atoms with van der Waals surface area (Å²) in [6.07, 6.45) is 5.07. The zero-order valence-electron chi connectivity index (χ0n) is 8.94. The molecule has 1 aromatic carbocycles. The Balaban J connectivity index is 3.07. The van der Waals surface area contributed by atoms with Gasteiger partial charge in [0.25, 0.3) is 0 Å². The number of phenols is 1. The van der Waals surface area contributed by atoms with Crippen LogP contribution >= 0.6 is 11.6 Å². The molecule has 0 bridgehead atoms. The number of alkyl halides is 1. The van der Waals surface area contributed by atoms with Crippen LogP contribution in [0.2, 0.25) is 0 Å². The fourth-order valence-electron chi connectivity index (χ4n) is 1.28. The van der Waals surface area contributed by atoms with Gasteiger partial charge in [-0.05, 0) is 24.1 Å². The van der Waals surface area contributed by atoms with Crippen molar-refractivity contribution < 1.29 is 14.6 Å². The number of hydrogen-bond donors (Lipinski definition) is 1. The molecule has 0 heterocycles. The van der Waals surface area contributed by atoms with Crippen LogP contribution in [0.15, 0.2) is 18.2 Å². The molecule has 0 amide bonds. The number of rotatable bonds is 5. The Labute approximate surface area is 99.3 Å². The van der Waals surface area contributed by atoms with Gasteiger partial charge in [0, 0.05) is 5.88 Å². The normalized spacial score (nSPS) is 10.6. The summed E-state index contributed by atoms with van der Waals surface area (Å²) in [5.74, 6) is 0.703. The third-order valence-corrected chi connectivity index (χ3v) is 2.28. The fourth-order valence-corrected chi connectivity index (χ4v) is 1.40. The number of phenolic OH excluding ortho intramolecular Hbond substituents is 1. The number of carbonyl (C=O) groups is 1. The monoisotopic (exact) mass is 240 g/mol. The van der Waals surface area contributed by atoms with Crippen LogP contribution in [0.5, 0.6) is 11.5 Å². The molecule has 0 fully saturated rings. The van der Waals surface area contributed by atoms with E-state index in [1.54, 1.807) is 12.1 Å². The Morgan fingerprint density at radius 3 is 2.81 bits per heavy atom. The number of ether oxygens (including phenoxy) is 1. The van der Waals surface area contributed by atoms with Crippen LogP contribution in [-0.4, -0.2) is 24.4 Å². The van der Waals surface area contributed by atoms with E-state index in [0.717, 1.165) is 12.0 Å². The van der Waals surface area contributed by atoms with E-state index in [-0.39, 0.29) is 17.1 Å². The van der Waals surface area contributed by atoms with Gasteiger partial charge in [-0.3, -0.25) is 4.79 Å². The molecule has 4 heteroatoms. The van der Waals surface area contributed by atoms with E-state index in [9.17, 15) is 9.90 Å². The highest BCUT2D eigenvalue weighted by Gasteiger charge is 2.08. The summed E-state index contributed by atoms with van der Waals surface area (Å²) < 4.78 is 4.97. The van der Waals surface area contributed by atoms with Crippen LogP contribution in [0.25, 0.3) is 6.08 Å². The highest BCUT2D eigenvalue weighted by atomic mass is 35.5. The van der Waals surface area contributed by atoms with Crippen LogP contribution in [0.1, 0.15) is 22.3 Å². The van der Waals surface area contributed by atoms with Crippen molar-refractivity contribution in [3.05, 3.63) is 29.3 Å². The van der Waals surface area contributed by atoms with E-state index in [0.29, 0.717) is 12.2 Å². The molecule has 3 nitrogen and oxygen atoms in total. The van der Waals surface area contributed by atoms with Crippen molar-refractivity contribution in [1.82, 2.24) is 0 Å². The van der Waals surface area contributed by atoms with E-state index in [2.05, 4.69) is 0 Å². The smallest absolute Gasteiger partial charge is 0.168 e. The van der Waals surface area contributed by atoms with Gasteiger partial charge in [0.05, 0.1) is 12.7 Å². The Hall–Kier alpha value is -1.48. The number of aromatic hydroxyl groups is 1. The largest absolute Gasteiger partial charge is 0.504 e. The summed E-state index contributed by atoms with van der Waals surface area (Å²) in [5, 5.41) is 9.58. The quantitative estimate of drug-likeness (QED) is 0.636. The summed E-state index contributed by atoms with van der Waals surface area (Å²) in [5.41, 5.74) is 1.01. The van der Waals surface area contributed by atoms with Crippen molar-refractivity contribution in [3.8, 4) is 11.5 Å². The number of methoxy groups -OCH3 is 1. The minimum absolute atomic E-state index is 0.132. The van der Waals surface area contributed by atoms with Gasteiger partial charge < -0.3 is 9.84 Å². The summed E-state index contributed by atoms with van der Waals surface area (Å²) in [6, 6.07) is 3.25. The maximum absolute atomic E-state index is 10.7. The average Bonchev–Trinajstić information content (AvgIpc) is 2.31. The molecule has 1 rings (SSSR count). The number of halogens is 1. The zero-order chi connectivity index (χ0) is 12.0. The van der Waals surface area contributed by atoms with Crippen molar-refractivity contribution in [2.24, 2.45) is 0 Å². The lowest BCUT2D eigenvalue weighted by atomic mass is 10.1. The third-order valence-electron chi connectivity index (χ3n) is 2.06. The Kier molecular flexibility index (Phi) is 4.86. The topological polar surface area (TPSA) is 46.5 Å². The van der Waals surface area contributed by atoms with Gasteiger partial charge >= 0.3 is 0 Å². The van der Waals surface area contributed by atoms with Crippen LogP contribution < -0.4 is 4.74 Å². The molecule has 0 aromatic heterocycles. The van der Waals surface area contributed by atoms with E-state index in [4.69, 9.17) is 16.3 Å². The van der Waals surface area contributed by atoms with Crippen LogP contribution in [-0.2, 0) is 0 Å². The first-order valence-electron chi connectivity index (χ1n) is 4.81. The summed E-state index contributed by atoms with van der Waals surface area (Å²) in [6.45, 7) is 0. The number of benzene rings is 1. The van der Waals surface area contributed by atoms with Crippen molar-refractivity contribution in [3.63, 3.8) is 0 Å². The lowest BCUT2D eigenvalue weighted by Gasteiger charge is -2.06. The highest BCUT2D eigenvalue weighted by Crippen LogP contribution is 2.30. The van der Waals surface area contributed by atoms with Crippen molar-refractivity contribution in [2.75, 3.05) is 13.0 Å². The van der Waals surface area contributed by atoms with Gasteiger partial charge in [0.2, 0.25) is 0 Å². The van der Waals surface area contributed by atoms with Gasteiger partial charge in [-0.2, -0.15) is 0 Å².